The third-order valence-corrected chi connectivity index (χ3v) is 4.79. The number of carbonyl (C=O) groups is 1. The highest BCUT2D eigenvalue weighted by molar-refractivity contribution is 7.99. The average Bonchev–Trinajstić information content (AvgIpc) is 3.03. The van der Waals surface area contributed by atoms with Crippen LogP contribution in [-0.4, -0.2) is 33.1 Å². The van der Waals surface area contributed by atoms with Gasteiger partial charge in [0, 0.05) is 22.9 Å². The number of ether oxygens (including phenoxy) is 1. The van der Waals surface area contributed by atoms with E-state index in [1.807, 2.05) is 11.6 Å². The first-order valence-electron chi connectivity index (χ1n) is 6.41. The molecule has 0 bridgehead atoms. The van der Waals surface area contributed by atoms with E-state index in [1.165, 1.54) is 16.6 Å². The van der Waals surface area contributed by atoms with Gasteiger partial charge >= 0.3 is 5.97 Å². The van der Waals surface area contributed by atoms with Crippen molar-refractivity contribution >= 4 is 29.1 Å². The van der Waals surface area contributed by atoms with Crippen LogP contribution in [0.1, 0.15) is 18.7 Å². The van der Waals surface area contributed by atoms with Crippen LogP contribution < -0.4 is 0 Å². The lowest BCUT2D eigenvalue weighted by atomic mass is 10.2. The smallest absolute Gasteiger partial charge is 0.316 e. The molecule has 0 aliphatic carbocycles. The van der Waals surface area contributed by atoms with E-state index < -0.39 is 0 Å². The van der Waals surface area contributed by atoms with Gasteiger partial charge in [0.15, 0.2) is 11.0 Å². The summed E-state index contributed by atoms with van der Waals surface area (Å²) in [5, 5.41) is 11.1. The molecule has 5 nitrogen and oxygen atoms in total. The third-order valence-electron chi connectivity index (χ3n) is 2.72. The molecule has 2 rings (SSSR count). The van der Waals surface area contributed by atoms with E-state index in [-0.39, 0.29) is 11.7 Å². The van der Waals surface area contributed by atoms with Gasteiger partial charge in [0.05, 0.1) is 12.4 Å². The summed E-state index contributed by atoms with van der Waals surface area (Å²) in [6.07, 6.45) is 1.02. The van der Waals surface area contributed by atoms with Gasteiger partial charge in [-0.05, 0) is 19.4 Å². The van der Waals surface area contributed by atoms with Crippen molar-refractivity contribution in [1.29, 1.82) is 0 Å². The molecule has 0 amide bonds. The van der Waals surface area contributed by atoms with Crippen molar-refractivity contribution in [3.05, 3.63) is 16.3 Å². The zero-order chi connectivity index (χ0) is 14.5. The number of aryl methyl sites for hydroxylation is 1. The fourth-order valence-electron chi connectivity index (χ4n) is 1.70. The van der Waals surface area contributed by atoms with E-state index in [9.17, 15) is 4.79 Å². The summed E-state index contributed by atoms with van der Waals surface area (Å²) in [7, 11) is 1.91. The Hall–Kier alpha value is -1.34. The number of nitrogens with zero attached hydrogens (tertiary/aromatic N) is 3. The first-order chi connectivity index (χ1) is 9.65. The van der Waals surface area contributed by atoms with Crippen LogP contribution in [0.2, 0.25) is 0 Å². The van der Waals surface area contributed by atoms with Crippen LogP contribution in [0.4, 0.5) is 0 Å². The minimum absolute atomic E-state index is 0.231. The third kappa shape index (κ3) is 3.40. The molecule has 2 aromatic rings. The minimum Gasteiger partial charge on any atom is -0.465 e. The summed E-state index contributed by atoms with van der Waals surface area (Å²) in [5.41, 5.74) is 1.07. The maximum atomic E-state index is 11.3. The largest absolute Gasteiger partial charge is 0.465 e. The molecular weight excluding hydrogens is 294 g/mol. The molecule has 0 aliphatic rings. The molecule has 0 aromatic carbocycles. The van der Waals surface area contributed by atoms with Crippen LogP contribution in [-0.2, 0) is 23.0 Å². The van der Waals surface area contributed by atoms with Gasteiger partial charge in [0.25, 0.3) is 0 Å². The number of rotatable bonds is 6. The van der Waals surface area contributed by atoms with Crippen LogP contribution in [0.3, 0.4) is 0 Å². The molecule has 0 spiro atoms. The molecule has 108 valence electrons. The van der Waals surface area contributed by atoms with Crippen LogP contribution in [0.5, 0.6) is 0 Å². The first-order valence-corrected chi connectivity index (χ1v) is 8.27. The summed E-state index contributed by atoms with van der Waals surface area (Å²) < 4.78 is 6.81. The van der Waals surface area contributed by atoms with Gasteiger partial charge in [-0.25, -0.2) is 0 Å². The minimum atomic E-state index is -0.231. The molecule has 20 heavy (non-hydrogen) atoms. The Kier molecular flexibility index (Phi) is 5.19. The number of hydrogen-bond acceptors (Lipinski definition) is 6. The Morgan fingerprint density at radius 3 is 2.90 bits per heavy atom. The molecule has 0 fully saturated rings. The van der Waals surface area contributed by atoms with Gasteiger partial charge in [-0.3, -0.25) is 4.79 Å². The Morgan fingerprint density at radius 1 is 1.45 bits per heavy atom. The molecule has 0 unspecified atom stereocenters. The number of hydrogen-bond donors (Lipinski definition) is 0. The lowest BCUT2D eigenvalue weighted by Gasteiger charge is -2.02. The monoisotopic (exact) mass is 311 g/mol. The molecule has 0 saturated carbocycles. The Morgan fingerprint density at radius 2 is 2.25 bits per heavy atom. The molecule has 0 radical (unpaired) electrons. The Labute approximate surface area is 126 Å². The van der Waals surface area contributed by atoms with Crippen molar-refractivity contribution in [2.45, 2.75) is 25.4 Å². The van der Waals surface area contributed by atoms with E-state index in [0.29, 0.717) is 6.61 Å². The maximum absolute atomic E-state index is 11.3. The van der Waals surface area contributed by atoms with Gasteiger partial charge in [-0.2, -0.15) is 0 Å². The zero-order valence-corrected chi connectivity index (χ0v) is 13.4. The number of thiophene rings is 1. The highest BCUT2D eigenvalue weighted by atomic mass is 32.2. The molecule has 0 atom stereocenters. The molecule has 2 aromatic heterocycles. The standard InChI is InChI=1S/C13H17N3O2S2/c1-4-10-6-9(7-19-10)12-14-15-13(16(12)3)20-8-11(17)18-5-2/h6-7H,4-5,8H2,1-3H3. The van der Waals surface area contributed by atoms with Crippen molar-refractivity contribution in [1.82, 2.24) is 14.8 Å². The van der Waals surface area contributed by atoms with E-state index in [1.54, 1.807) is 18.3 Å². The Bertz CT molecular complexity index is 592. The van der Waals surface area contributed by atoms with Crippen molar-refractivity contribution in [3.8, 4) is 11.4 Å². The van der Waals surface area contributed by atoms with Gasteiger partial charge in [0.2, 0.25) is 0 Å². The fourth-order valence-corrected chi connectivity index (χ4v) is 3.22. The van der Waals surface area contributed by atoms with Crippen LogP contribution >= 0.6 is 23.1 Å². The van der Waals surface area contributed by atoms with Crippen molar-refractivity contribution in [3.63, 3.8) is 0 Å². The summed E-state index contributed by atoms with van der Waals surface area (Å²) in [4.78, 5) is 12.7. The second kappa shape index (κ2) is 6.90. The van der Waals surface area contributed by atoms with Crippen molar-refractivity contribution < 1.29 is 9.53 Å². The second-order valence-corrected chi connectivity index (χ2v) is 6.05. The lowest BCUT2D eigenvalue weighted by molar-refractivity contribution is -0.139. The average molecular weight is 311 g/mol. The first kappa shape index (κ1) is 15.1. The Balaban J connectivity index is 2.08. The van der Waals surface area contributed by atoms with Crippen LogP contribution in [0.25, 0.3) is 11.4 Å². The maximum Gasteiger partial charge on any atom is 0.316 e. The lowest BCUT2D eigenvalue weighted by Crippen LogP contribution is -2.07. The predicted octanol–water partition coefficient (Wildman–Crippen LogP) is 2.76. The normalized spacial score (nSPS) is 10.8. The molecule has 2 heterocycles. The molecular formula is C13H17N3O2S2. The summed E-state index contributed by atoms with van der Waals surface area (Å²) in [6.45, 7) is 4.33. The van der Waals surface area contributed by atoms with E-state index in [0.717, 1.165) is 23.0 Å². The summed E-state index contributed by atoms with van der Waals surface area (Å²) >= 11 is 3.07. The van der Waals surface area contributed by atoms with E-state index in [2.05, 4.69) is 28.6 Å². The van der Waals surface area contributed by atoms with Crippen molar-refractivity contribution in [2.24, 2.45) is 7.05 Å². The molecule has 0 saturated heterocycles. The number of carbonyl (C=O) groups excluding carboxylic acids is 1. The van der Waals surface area contributed by atoms with Crippen molar-refractivity contribution in [2.75, 3.05) is 12.4 Å². The highest BCUT2D eigenvalue weighted by Crippen LogP contribution is 2.27. The summed E-state index contributed by atoms with van der Waals surface area (Å²) in [5.74, 6) is 0.849. The molecule has 0 N–H and O–H groups in total. The topological polar surface area (TPSA) is 57.0 Å². The second-order valence-electron chi connectivity index (χ2n) is 4.11. The summed E-state index contributed by atoms with van der Waals surface area (Å²) in [6, 6.07) is 2.13. The van der Waals surface area contributed by atoms with E-state index >= 15 is 0 Å². The number of thioether (sulfide) groups is 1. The van der Waals surface area contributed by atoms with Gasteiger partial charge in [-0.15, -0.1) is 21.5 Å². The quantitative estimate of drug-likeness (QED) is 0.606. The molecule has 0 aliphatic heterocycles. The zero-order valence-electron chi connectivity index (χ0n) is 11.8. The van der Waals surface area contributed by atoms with Crippen LogP contribution in [0, 0.1) is 0 Å². The predicted molar refractivity (Wildman–Crippen MR) is 81.1 cm³/mol. The van der Waals surface area contributed by atoms with E-state index in [4.69, 9.17) is 4.74 Å². The van der Waals surface area contributed by atoms with Gasteiger partial charge in [-0.1, -0.05) is 18.7 Å². The SMILES string of the molecule is CCOC(=O)CSc1nnc(-c2csc(CC)c2)n1C. The van der Waals surface area contributed by atoms with Gasteiger partial charge < -0.3 is 9.30 Å². The number of esters is 1. The number of aromatic nitrogens is 3. The fraction of sp³-hybridized carbons (Fsp3) is 0.462. The highest BCUT2D eigenvalue weighted by Gasteiger charge is 2.14. The van der Waals surface area contributed by atoms with Crippen LogP contribution in [0.15, 0.2) is 16.6 Å². The molecule has 7 heteroatoms. The van der Waals surface area contributed by atoms with Gasteiger partial charge in [0.1, 0.15) is 0 Å².